The molecule has 0 unspecified atom stereocenters. The van der Waals surface area contributed by atoms with E-state index in [1.54, 1.807) is 24.3 Å². The van der Waals surface area contributed by atoms with Gasteiger partial charge in [-0.1, -0.05) is 40.9 Å². The molecular formula is C18H16FN3. The van der Waals surface area contributed by atoms with Crippen LogP contribution < -0.4 is 16.0 Å². The molecule has 3 nitrogen and oxygen atoms in total. The molecule has 0 aromatic heterocycles. The Bertz CT molecular complexity index is 699. The summed E-state index contributed by atoms with van der Waals surface area (Å²) in [5.74, 6) is 0. The van der Waals surface area contributed by atoms with Gasteiger partial charge in [-0.15, -0.1) is 5.23 Å². The Morgan fingerprint density at radius 3 is 1.73 bits per heavy atom. The van der Waals surface area contributed by atoms with Crippen molar-refractivity contribution in [3.63, 3.8) is 0 Å². The van der Waals surface area contributed by atoms with Crippen LogP contribution in [0.4, 0.5) is 27.2 Å². The van der Waals surface area contributed by atoms with Crippen LogP contribution in [0.1, 0.15) is 0 Å². The fourth-order valence-corrected chi connectivity index (χ4v) is 2.05. The maximum absolute atomic E-state index is 14.0. The molecule has 0 bridgehead atoms. The van der Waals surface area contributed by atoms with Crippen molar-refractivity contribution < 1.29 is 4.48 Å². The summed E-state index contributed by atoms with van der Waals surface area (Å²) >= 11 is 0. The summed E-state index contributed by atoms with van der Waals surface area (Å²) in [6.45, 7) is 0. The minimum Gasteiger partial charge on any atom is -0.356 e. The Labute approximate surface area is 128 Å². The lowest BCUT2D eigenvalue weighted by Crippen LogP contribution is -2.19. The molecule has 0 amide bonds. The summed E-state index contributed by atoms with van der Waals surface area (Å²) < 4.78 is 14.0. The zero-order chi connectivity index (χ0) is 15.2. The number of hydrogen-bond acceptors (Lipinski definition) is 3. The van der Waals surface area contributed by atoms with Gasteiger partial charge in [0, 0.05) is 11.4 Å². The zero-order valence-corrected chi connectivity index (χ0v) is 11.9. The summed E-state index contributed by atoms with van der Waals surface area (Å²) in [4.78, 5) is 0. The predicted molar refractivity (Wildman–Crippen MR) is 89.8 cm³/mol. The van der Waals surface area contributed by atoms with Gasteiger partial charge in [0.2, 0.25) is 0 Å². The van der Waals surface area contributed by atoms with Crippen molar-refractivity contribution in [2.24, 2.45) is 0 Å². The molecule has 0 spiro atoms. The number of hydrazine groups is 1. The van der Waals surface area contributed by atoms with Crippen LogP contribution >= 0.6 is 0 Å². The van der Waals surface area contributed by atoms with E-state index >= 15 is 0 Å². The van der Waals surface area contributed by atoms with Crippen LogP contribution in [0, 0.1) is 0 Å². The summed E-state index contributed by atoms with van der Waals surface area (Å²) in [6, 6.07) is 26.1. The van der Waals surface area contributed by atoms with E-state index in [0.29, 0.717) is 16.6 Å². The van der Waals surface area contributed by atoms with Crippen LogP contribution in [0.2, 0.25) is 0 Å². The van der Waals surface area contributed by atoms with Gasteiger partial charge in [-0.3, -0.25) is 5.43 Å². The van der Waals surface area contributed by atoms with Gasteiger partial charge in [0.25, 0.3) is 0 Å². The minimum atomic E-state index is 0.453. The molecule has 22 heavy (non-hydrogen) atoms. The van der Waals surface area contributed by atoms with Crippen molar-refractivity contribution >= 4 is 22.7 Å². The topological polar surface area (TPSA) is 27.3 Å². The highest BCUT2D eigenvalue weighted by atomic mass is 19.2. The van der Waals surface area contributed by atoms with Gasteiger partial charge in [0.1, 0.15) is 0 Å². The van der Waals surface area contributed by atoms with Crippen LogP contribution in [-0.4, -0.2) is 0 Å². The fraction of sp³-hybridized carbons (Fsp3) is 0. The third-order valence-corrected chi connectivity index (χ3v) is 3.16. The first-order chi connectivity index (χ1) is 10.8. The van der Waals surface area contributed by atoms with Crippen LogP contribution in [-0.2, 0) is 0 Å². The van der Waals surface area contributed by atoms with Crippen molar-refractivity contribution in [1.82, 2.24) is 0 Å². The van der Waals surface area contributed by atoms with Gasteiger partial charge in [0.15, 0.2) is 0 Å². The second kappa shape index (κ2) is 6.63. The molecule has 3 aromatic rings. The number of nitrogens with zero attached hydrogens (tertiary/aromatic N) is 1. The summed E-state index contributed by atoms with van der Waals surface area (Å²) in [5, 5.41) is 3.78. The van der Waals surface area contributed by atoms with Gasteiger partial charge in [-0.2, -0.15) is 0 Å². The predicted octanol–water partition coefficient (Wildman–Crippen LogP) is 5.15. The SMILES string of the molecule is FN(Nc1ccc(Nc2ccccc2)cc1)c1ccccc1. The highest BCUT2D eigenvalue weighted by molar-refractivity contribution is 5.63. The Balaban J connectivity index is 1.64. The van der Waals surface area contributed by atoms with Gasteiger partial charge in [0.05, 0.1) is 11.4 Å². The molecule has 3 aromatic carbocycles. The molecule has 3 rings (SSSR count). The Morgan fingerprint density at radius 1 is 0.591 bits per heavy atom. The second-order valence-corrected chi connectivity index (χ2v) is 4.80. The lowest BCUT2D eigenvalue weighted by Gasteiger charge is -2.16. The van der Waals surface area contributed by atoms with Crippen LogP contribution in [0.25, 0.3) is 0 Å². The first-order valence-electron chi connectivity index (χ1n) is 7.01. The molecule has 0 aliphatic heterocycles. The number of benzene rings is 3. The molecule has 0 saturated heterocycles. The van der Waals surface area contributed by atoms with E-state index in [0.717, 1.165) is 11.4 Å². The highest BCUT2D eigenvalue weighted by Crippen LogP contribution is 2.20. The molecule has 0 aliphatic rings. The Hall–Kier alpha value is -3.01. The van der Waals surface area contributed by atoms with E-state index in [1.807, 2.05) is 60.7 Å². The van der Waals surface area contributed by atoms with E-state index in [1.165, 1.54) is 0 Å². The van der Waals surface area contributed by atoms with Crippen molar-refractivity contribution in [2.75, 3.05) is 16.0 Å². The van der Waals surface area contributed by atoms with Gasteiger partial charge in [-0.25, -0.2) is 0 Å². The standard InChI is InChI=1S/C18H16FN3/c19-22(18-9-5-2-6-10-18)21-17-13-11-16(12-14-17)20-15-7-3-1-4-8-15/h1-14,20-21H. The number of hydrogen-bond donors (Lipinski definition) is 2. The maximum Gasteiger partial charge on any atom is 0.0930 e. The minimum absolute atomic E-state index is 0.453. The monoisotopic (exact) mass is 293 g/mol. The van der Waals surface area contributed by atoms with Crippen molar-refractivity contribution in [3.8, 4) is 0 Å². The largest absolute Gasteiger partial charge is 0.356 e. The first kappa shape index (κ1) is 13.9. The number of halogens is 1. The third kappa shape index (κ3) is 3.55. The Kier molecular flexibility index (Phi) is 4.20. The highest BCUT2D eigenvalue weighted by Gasteiger charge is 2.04. The van der Waals surface area contributed by atoms with E-state index < -0.39 is 0 Å². The van der Waals surface area contributed by atoms with Crippen molar-refractivity contribution in [3.05, 3.63) is 84.9 Å². The third-order valence-electron chi connectivity index (χ3n) is 3.16. The van der Waals surface area contributed by atoms with E-state index in [9.17, 15) is 4.48 Å². The average Bonchev–Trinajstić information content (AvgIpc) is 2.58. The molecule has 0 saturated carbocycles. The number of rotatable bonds is 5. The summed E-state index contributed by atoms with van der Waals surface area (Å²) in [5.41, 5.74) is 5.77. The fourth-order valence-electron chi connectivity index (χ4n) is 2.05. The van der Waals surface area contributed by atoms with Gasteiger partial charge < -0.3 is 5.32 Å². The molecule has 0 aliphatic carbocycles. The van der Waals surface area contributed by atoms with Crippen LogP contribution in [0.15, 0.2) is 84.9 Å². The molecule has 0 radical (unpaired) electrons. The lowest BCUT2D eigenvalue weighted by atomic mass is 10.2. The quantitative estimate of drug-likeness (QED) is 0.503. The maximum atomic E-state index is 14.0. The van der Waals surface area contributed by atoms with E-state index in [-0.39, 0.29) is 0 Å². The average molecular weight is 293 g/mol. The normalized spacial score (nSPS) is 10.0. The number of anilines is 4. The molecule has 0 fully saturated rings. The number of para-hydroxylation sites is 2. The van der Waals surface area contributed by atoms with Crippen LogP contribution in [0.5, 0.6) is 0 Å². The van der Waals surface area contributed by atoms with Crippen molar-refractivity contribution in [2.45, 2.75) is 0 Å². The lowest BCUT2D eigenvalue weighted by molar-refractivity contribution is 0.472. The summed E-state index contributed by atoms with van der Waals surface area (Å²) in [6.07, 6.45) is 0. The molecule has 2 N–H and O–H groups in total. The summed E-state index contributed by atoms with van der Waals surface area (Å²) in [7, 11) is 0. The second-order valence-electron chi connectivity index (χ2n) is 4.80. The molecular weight excluding hydrogens is 277 g/mol. The molecule has 0 heterocycles. The zero-order valence-electron chi connectivity index (χ0n) is 11.9. The van der Waals surface area contributed by atoms with Crippen LogP contribution in [0.3, 0.4) is 0 Å². The molecule has 0 atom stereocenters. The van der Waals surface area contributed by atoms with E-state index in [4.69, 9.17) is 0 Å². The molecule has 110 valence electrons. The number of nitrogens with one attached hydrogen (secondary N) is 2. The van der Waals surface area contributed by atoms with E-state index in [2.05, 4.69) is 10.7 Å². The van der Waals surface area contributed by atoms with Gasteiger partial charge >= 0.3 is 0 Å². The smallest absolute Gasteiger partial charge is 0.0930 e. The molecule has 4 heteroatoms. The Morgan fingerprint density at radius 2 is 1.09 bits per heavy atom. The first-order valence-corrected chi connectivity index (χ1v) is 7.01. The van der Waals surface area contributed by atoms with Crippen molar-refractivity contribution in [1.29, 1.82) is 0 Å². The van der Waals surface area contributed by atoms with Gasteiger partial charge in [-0.05, 0) is 48.5 Å².